The van der Waals surface area contributed by atoms with Crippen LogP contribution in [0, 0.1) is 5.82 Å². The van der Waals surface area contributed by atoms with E-state index in [1.54, 1.807) is 6.07 Å². The molecule has 4 heteroatoms. The first-order chi connectivity index (χ1) is 7.67. The predicted octanol–water partition coefficient (Wildman–Crippen LogP) is 2.41. The lowest BCUT2D eigenvalue weighted by Crippen LogP contribution is -2.16. The summed E-state index contributed by atoms with van der Waals surface area (Å²) in [6, 6.07) is 4.61. The fraction of sp³-hybridized carbons (Fsp3) is 0.500. The summed E-state index contributed by atoms with van der Waals surface area (Å²) >= 11 is 0. The molecule has 0 aliphatic carbocycles. The molecule has 3 nitrogen and oxygen atoms in total. The van der Waals surface area contributed by atoms with E-state index in [1.807, 2.05) is 6.92 Å². The molecule has 2 N–H and O–H groups in total. The van der Waals surface area contributed by atoms with Gasteiger partial charge in [0.05, 0.1) is 12.8 Å². The highest BCUT2D eigenvalue weighted by atomic mass is 19.1. The molecule has 0 aromatic heterocycles. The summed E-state index contributed by atoms with van der Waals surface area (Å²) in [5.74, 6) is 0.182. The van der Waals surface area contributed by atoms with Crippen LogP contribution in [0.3, 0.4) is 0 Å². The number of hydrogen-bond donors (Lipinski definition) is 2. The summed E-state index contributed by atoms with van der Waals surface area (Å²) in [5, 5.41) is 11.9. The van der Waals surface area contributed by atoms with Gasteiger partial charge >= 0.3 is 0 Å². The Hall–Kier alpha value is -1.29. The van der Waals surface area contributed by atoms with Crippen molar-refractivity contribution in [2.75, 3.05) is 19.0 Å². The number of halogens is 1. The summed E-state index contributed by atoms with van der Waals surface area (Å²) in [6.45, 7) is 2.20. The van der Waals surface area contributed by atoms with Gasteiger partial charge in [0.2, 0.25) is 0 Å². The van der Waals surface area contributed by atoms with Gasteiger partial charge in [-0.1, -0.05) is 0 Å². The van der Waals surface area contributed by atoms with Crippen LogP contribution >= 0.6 is 0 Å². The highest BCUT2D eigenvalue weighted by molar-refractivity contribution is 5.56. The van der Waals surface area contributed by atoms with Crippen LogP contribution in [-0.4, -0.2) is 24.9 Å². The largest absolute Gasteiger partial charge is 0.494 e. The molecule has 1 unspecified atom stereocenters. The van der Waals surface area contributed by atoms with E-state index in [4.69, 9.17) is 9.84 Å². The van der Waals surface area contributed by atoms with Crippen molar-refractivity contribution in [3.63, 3.8) is 0 Å². The van der Waals surface area contributed by atoms with E-state index >= 15 is 0 Å². The van der Waals surface area contributed by atoms with Crippen LogP contribution in [0.5, 0.6) is 5.75 Å². The van der Waals surface area contributed by atoms with Crippen LogP contribution < -0.4 is 10.1 Å². The predicted molar refractivity (Wildman–Crippen MR) is 62.4 cm³/mol. The highest BCUT2D eigenvalue weighted by Crippen LogP contribution is 2.25. The minimum absolute atomic E-state index is 0.187. The van der Waals surface area contributed by atoms with Gasteiger partial charge in [-0.3, -0.25) is 0 Å². The van der Waals surface area contributed by atoms with Gasteiger partial charge in [-0.15, -0.1) is 0 Å². The lowest BCUT2D eigenvalue weighted by molar-refractivity contribution is 0.282. The maximum atomic E-state index is 12.9. The fourth-order valence-corrected chi connectivity index (χ4v) is 1.52. The average Bonchev–Trinajstić information content (AvgIpc) is 2.28. The van der Waals surface area contributed by atoms with Gasteiger partial charge in [0.1, 0.15) is 11.6 Å². The Morgan fingerprint density at radius 3 is 2.88 bits per heavy atom. The van der Waals surface area contributed by atoms with Crippen molar-refractivity contribution in [2.24, 2.45) is 0 Å². The molecule has 0 saturated carbocycles. The standard InChI is InChI=1S/C12H18FNO2/c1-9(4-3-7-15)14-11-6-5-10(13)8-12(11)16-2/h5-6,8-9,14-15H,3-4,7H2,1-2H3. The molecule has 0 fully saturated rings. The summed E-state index contributed by atoms with van der Waals surface area (Å²) in [7, 11) is 1.51. The molecule has 0 aliphatic rings. The molecule has 1 rings (SSSR count). The molecule has 0 spiro atoms. The average molecular weight is 227 g/mol. The van der Waals surface area contributed by atoms with E-state index in [-0.39, 0.29) is 18.5 Å². The molecule has 16 heavy (non-hydrogen) atoms. The van der Waals surface area contributed by atoms with Crippen molar-refractivity contribution < 1.29 is 14.2 Å². The Morgan fingerprint density at radius 1 is 1.50 bits per heavy atom. The molecule has 0 saturated heterocycles. The maximum absolute atomic E-state index is 12.9. The van der Waals surface area contributed by atoms with Crippen LogP contribution in [-0.2, 0) is 0 Å². The van der Waals surface area contributed by atoms with Crippen molar-refractivity contribution >= 4 is 5.69 Å². The second-order valence-corrected chi connectivity index (χ2v) is 3.76. The third-order valence-corrected chi connectivity index (χ3v) is 2.36. The summed E-state index contributed by atoms with van der Waals surface area (Å²) in [6.07, 6.45) is 1.61. The normalized spacial score (nSPS) is 12.2. The van der Waals surface area contributed by atoms with Gasteiger partial charge in [0.25, 0.3) is 0 Å². The molecule has 0 amide bonds. The SMILES string of the molecule is COc1cc(F)ccc1NC(C)CCCO. The summed E-state index contributed by atoms with van der Waals surface area (Å²) in [4.78, 5) is 0. The van der Waals surface area contributed by atoms with E-state index < -0.39 is 0 Å². The Labute approximate surface area is 95.2 Å². The van der Waals surface area contributed by atoms with E-state index in [9.17, 15) is 4.39 Å². The van der Waals surface area contributed by atoms with Crippen molar-refractivity contribution in [1.82, 2.24) is 0 Å². The molecule has 0 radical (unpaired) electrons. The molecule has 1 aromatic rings. The molecule has 0 bridgehead atoms. The number of aliphatic hydroxyl groups is 1. The van der Waals surface area contributed by atoms with Crippen LogP contribution in [0.15, 0.2) is 18.2 Å². The second kappa shape index (κ2) is 6.33. The van der Waals surface area contributed by atoms with Crippen molar-refractivity contribution in [2.45, 2.75) is 25.8 Å². The van der Waals surface area contributed by atoms with Crippen molar-refractivity contribution in [3.05, 3.63) is 24.0 Å². The Morgan fingerprint density at radius 2 is 2.25 bits per heavy atom. The van der Waals surface area contributed by atoms with E-state index in [0.717, 1.165) is 18.5 Å². The van der Waals surface area contributed by atoms with Crippen molar-refractivity contribution in [3.8, 4) is 5.75 Å². The third-order valence-electron chi connectivity index (χ3n) is 2.36. The van der Waals surface area contributed by atoms with E-state index in [1.165, 1.54) is 19.2 Å². The van der Waals surface area contributed by atoms with Crippen LogP contribution in [0.2, 0.25) is 0 Å². The van der Waals surface area contributed by atoms with Gasteiger partial charge in [-0.05, 0) is 31.9 Å². The lowest BCUT2D eigenvalue weighted by atomic mass is 10.1. The molecule has 1 atom stereocenters. The first-order valence-electron chi connectivity index (χ1n) is 5.38. The number of ether oxygens (including phenoxy) is 1. The van der Waals surface area contributed by atoms with Gasteiger partial charge in [0.15, 0.2) is 0 Å². The van der Waals surface area contributed by atoms with Crippen LogP contribution in [0.25, 0.3) is 0 Å². The van der Waals surface area contributed by atoms with Crippen molar-refractivity contribution in [1.29, 1.82) is 0 Å². The number of methoxy groups -OCH3 is 1. The van der Waals surface area contributed by atoms with E-state index in [0.29, 0.717) is 5.75 Å². The van der Waals surface area contributed by atoms with Gasteiger partial charge in [-0.25, -0.2) is 4.39 Å². The van der Waals surface area contributed by atoms with Crippen LogP contribution in [0.4, 0.5) is 10.1 Å². The quantitative estimate of drug-likeness (QED) is 0.784. The summed E-state index contributed by atoms with van der Waals surface area (Å²) in [5.41, 5.74) is 0.773. The number of hydrogen-bond acceptors (Lipinski definition) is 3. The lowest BCUT2D eigenvalue weighted by Gasteiger charge is -2.17. The molecule has 0 heterocycles. The third kappa shape index (κ3) is 3.70. The zero-order valence-electron chi connectivity index (χ0n) is 9.66. The fourth-order valence-electron chi connectivity index (χ4n) is 1.52. The Bertz CT molecular complexity index is 331. The van der Waals surface area contributed by atoms with Crippen LogP contribution in [0.1, 0.15) is 19.8 Å². The number of aliphatic hydroxyl groups excluding tert-OH is 1. The van der Waals surface area contributed by atoms with Gasteiger partial charge in [0, 0.05) is 18.7 Å². The second-order valence-electron chi connectivity index (χ2n) is 3.76. The first kappa shape index (κ1) is 12.8. The maximum Gasteiger partial charge on any atom is 0.144 e. The molecule has 1 aromatic carbocycles. The minimum Gasteiger partial charge on any atom is -0.494 e. The molecular weight excluding hydrogens is 209 g/mol. The topological polar surface area (TPSA) is 41.5 Å². The first-order valence-corrected chi connectivity index (χ1v) is 5.38. The zero-order chi connectivity index (χ0) is 12.0. The highest BCUT2D eigenvalue weighted by Gasteiger charge is 2.07. The number of nitrogens with one attached hydrogen (secondary N) is 1. The number of rotatable bonds is 6. The molecular formula is C12H18FNO2. The Balaban J connectivity index is 2.65. The molecule has 90 valence electrons. The zero-order valence-corrected chi connectivity index (χ0v) is 9.66. The molecule has 0 aliphatic heterocycles. The number of anilines is 1. The smallest absolute Gasteiger partial charge is 0.144 e. The Kier molecular flexibility index (Phi) is 5.05. The summed E-state index contributed by atoms with van der Waals surface area (Å²) < 4.78 is 18.0. The minimum atomic E-state index is -0.314. The number of benzene rings is 1. The van der Waals surface area contributed by atoms with E-state index in [2.05, 4.69) is 5.32 Å². The monoisotopic (exact) mass is 227 g/mol. The van der Waals surface area contributed by atoms with Gasteiger partial charge in [-0.2, -0.15) is 0 Å². The van der Waals surface area contributed by atoms with Gasteiger partial charge < -0.3 is 15.2 Å².